The second-order valence-electron chi connectivity index (χ2n) is 8.12. The van der Waals surface area contributed by atoms with Crippen LogP contribution in [0.1, 0.15) is 65.7 Å². The van der Waals surface area contributed by atoms with Crippen LogP contribution in [0.25, 0.3) is 11.0 Å². The maximum atomic E-state index is 13.2. The minimum Gasteiger partial charge on any atom is -0.358 e. The molecule has 0 spiro atoms. The molecule has 2 heterocycles. The molecule has 2 rings (SSSR count). The lowest BCUT2D eigenvalue weighted by molar-refractivity contribution is 0.0775. The Labute approximate surface area is 159 Å². The minimum atomic E-state index is -1.96. The fourth-order valence-electron chi connectivity index (χ4n) is 5.04. The van der Waals surface area contributed by atoms with Gasteiger partial charge in [0.05, 0.1) is 5.56 Å². The van der Waals surface area contributed by atoms with Crippen LogP contribution in [0.5, 0.6) is 0 Å². The second-order valence-corrected chi connectivity index (χ2v) is 13.8. The van der Waals surface area contributed by atoms with E-state index in [1.54, 1.807) is 0 Å². The summed E-state index contributed by atoms with van der Waals surface area (Å²) in [6.07, 6.45) is 3.98. The average molecular weight is 374 g/mol. The van der Waals surface area contributed by atoms with Crippen LogP contribution in [0, 0.1) is 0 Å². The molecule has 0 saturated heterocycles. The summed E-state index contributed by atoms with van der Waals surface area (Å²) in [5, 5.41) is 0.989. The number of carbonyl (C=O) groups is 1. The Hall–Kier alpha value is -1.62. The van der Waals surface area contributed by atoms with Gasteiger partial charge in [-0.15, -0.1) is 0 Å². The molecule has 0 aromatic carbocycles. The van der Waals surface area contributed by atoms with Gasteiger partial charge in [0.1, 0.15) is 5.65 Å². The van der Waals surface area contributed by atoms with E-state index in [2.05, 4.69) is 58.0 Å². The third kappa shape index (κ3) is 3.11. The summed E-state index contributed by atoms with van der Waals surface area (Å²) in [6, 6.07) is 3.99. The molecule has 0 N–H and O–H groups in total. The zero-order valence-corrected chi connectivity index (χ0v) is 18.7. The fraction of sp³-hybridized carbons (Fsp3) is 0.619. The van der Waals surface area contributed by atoms with Gasteiger partial charge in [0.2, 0.25) is 0 Å². The third-order valence-corrected chi connectivity index (χ3v) is 12.8. The first-order valence-corrected chi connectivity index (χ1v) is 12.2. The summed E-state index contributed by atoms with van der Waals surface area (Å²) in [7, 11) is -1.96. The fourth-order valence-corrected chi connectivity index (χ4v) is 11.6. The predicted molar refractivity (Wildman–Crippen MR) is 113 cm³/mol. The number of aromatic nitrogens is 2. The van der Waals surface area contributed by atoms with E-state index < -0.39 is 8.24 Å². The van der Waals surface area contributed by atoms with E-state index in [1.807, 2.05) is 31.0 Å². The van der Waals surface area contributed by atoms with Crippen LogP contribution in [0.4, 0.5) is 0 Å². The van der Waals surface area contributed by atoms with Crippen molar-refractivity contribution in [1.29, 1.82) is 0 Å². The van der Waals surface area contributed by atoms with Crippen LogP contribution < -0.4 is 0 Å². The van der Waals surface area contributed by atoms with Gasteiger partial charge >= 0.3 is 0 Å². The van der Waals surface area contributed by atoms with Crippen LogP contribution in [0.3, 0.4) is 0 Å². The van der Waals surface area contributed by atoms with Gasteiger partial charge in [-0.3, -0.25) is 4.79 Å². The van der Waals surface area contributed by atoms with Gasteiger partial charge in [-0.1, -0.05) is 41.5 Å². The maximum Gasteiger partial charge on any atom is 0.256 e. The summed E-state index contributed by atoms with van der Waals surface area (Å²) < 4.78 is 2.44. The molecular formula is C21H35N3OSi. The molecule has 0 atom stereocenters. The van der Waals surface area contributed by atoms with Crippen LogP contribution >= 0.6 is 0 Å². The number of amides is 1. The highest BCUT2D eigenvalue weighted by Gasteiger charge is 2.46. The van der Waals surface area contributed by atoms with Gasteiger partial charge in [0, 0.05) is 30.9 Å². The summed E-state index contributed by atoms with van der Waals surface area (Å²) in [5.41, 5.74) is 3.44. The molecule has 4 nitrogen and oxygen atoms in total. The van der Waals surface area contributed by atoms with E-state index in [1.165, 1.54) is 0 Å². The largest absolute Gasteiger partial charge is 0.358 e. The van der Waals surface area contributed by atoms with Crippen LogP contribution in [0.15, 0.2) is 24.5 Å². The van der Waals surface area contributed by atoms with Gasteiger partial charge < -0.3 is 9.13 Å². The molecule has 0 saturated carbocycles. The lowest BCUT2D eigenvalue weighted by Gasteiger charge is -2.44. The molecule has 5 heteroatoms. The monoisotopic (exact) mass is 373 g/mol. The number of pyridine rings is 1. The van der Waals surface area contributed by atoms with Crippen LogP contribution in [-0.4, -0.2) is 41.3 Å². The van der Waals surface area contributed by atoms with Crippen molar-refractivity contribution in [3.05, 3.63) is 30.1 Å². The van der Waals surface area contributed by atoms with Crippen LogP contribution in [0.2, 0.25) is 16.6 Å². The van der Waals surface area contributed by atoms with Crippen molar-refractivity contribution in [2.24, 2.45) is 0 Å². The summed E-state index contributed by atoms with van der Waals surface area (Å²) in [5.74, 6) is 0.117. The molecule has 0 bridgehead atoms. The van der Waals surface area contributed by atoms with Crippen LogP contribution in [-0.2, 0) is 0 Å². The zero-order valence-electron chi connectivity index (χ0n) is 17.7. The summed E-state index contributed by atoms with van der Waals surface area (Å²) in [4.78, 5) is 19.8. The van der Waals surface area contributed by atoms with Crippen molar-refractivity contribution in [3.8, 4) is 0 Å². The highest BCUT2D eigenvalue weighted by molar-refractivity contribution is 6.82. The predicted octanol–water partition coefficient (Wildman–Crippen LogP) is 5.54. The molecule has 0 radical (unpaired) electrons. The van der Waals surface area contributed by atoms with Crippen molar-refractivity contribution in [3.63, 3.8) is 0 Å². The van der Waals surface area contributed by atoms with E-state index in [9.17, 15) is 4.79 Å². The van der Waals surface area contributed by atoms with Crippen molar-refractivity contribution in [2.75, 3.05) is 13.1 Å². The molecule has 2 aromatic heterocycles. The van der Waals surface area contributed by atoms with Crippen molar-refractivity contribution < 1.29 is 4.79 Å². The number of carbonyl (C=O) groups excluding carboxylic acids is 1. The van der Waals surface area contributed by atoms with E-state index in [0.717, 1.165) is 29.7 Å². The van der Waals surface area contributed by atoms with Gasteiger partial charge in [0.25, 0.3) is 5.91 Å². The Kier molecular flexibility index (Phi) is 6.32. The van der Waals surface area contributed by atoms with Gasteiger partial charge in [-0.2, -0.15) is 0 Å². The maximum absolute atomic E-state index is 13.2. The molecule has 144 valence electrons. The average Bonchev–Trinajstić information content (AvgIpc) is 2.95. The number of hydrogen-bond acceptors (Lipinski definition) is 2. The molecule has 0 aliphatic heterocycles. The highest BCUT2D eigenvalue weighted by Crippen LogP contribution is 2.44. The topological polar surface area (TPSA) is 38.1 Å². The van der Waals surface area contributed by atoms with Gasteiger partial charge in [-0.25, -0.2) is 4.98 Å². The normalized spacial score (nSPS) is 12.6. The molecule has 2 aromatic rings. The standard InChI is InChI=1S/C21H35N3OSi/c1-9-23(10-2)21(25)19-14-24(20-18(19)12-11-13-22-20)26(15(3)4,16(5)6)17(7)8/h11-17H,9-10H2,1-8H3. The summed E-state index contributed by atoms with van der Waals surface area (Å²) in [6.45, 7) is 19.6. The quantitative estimate of drug-likeness (QED) is 0.597. The molecule has 0 unspecified atom stereocenters. The first-order chi connectivity index (χ1) is 12.2. The van der Waals surface area contributed by atoms with E-state index in [-0.39, 0.29) is 5.91 Å². The van der Waals surface area contributed by atoms with Crippen molar-refractivity contribution in [1.82, 2.24) is 14.1 Å². The van der Waals surface area contributed by atoms with E-state index in [4.69, 9.17) is 4.98 Å². The Bertz CT molecular complexity index is 738. The Morgan fingerprint density at radius 3 is 2.08 bits per heavy atom. The number of nitrogens with zero attached hydrogens (tertiary/aromatic N) is 3. The van der Waals surface area contributed by atoms with E-state index >= 15 is 0 Å². The zero-order chi connectivity index (χ0) is 19.6. The third-order valence-electron chi connectivity index (χ3n) is 6.04. The first-order valence-electron chi connectivity index (χ1n) is 9.99. The smallest absolute Gasteiger partial charge is 0.256 e. The molecular weight excluding hydrogens is 338 g/mol. The second kappa shape index (κ2) is 7.95. The number of hydrogen-bond donors (Lipinski definition) is 0. The molecule has 0 aliphatic carbocycles. The summed E-state index contributed by atoms with van der Waals surface area (Å²) >= 11 is 0. The lowest BCUT2D eigenvalue weighted by Crippen LogP contribution is -2.51. The van der Waals surface area contributed by atoms with Crippen molar-refractivity contribution in [2.45, 2.75) is 72.0 Å². The first kappa shape index (κ1) is 20.7. The highest BCUT2D eigenvalue weighted by atomic mass is 28.3. The molecule has 0 fully saturated rings. The minimum absolute atomic E-state index is 0.117. The van der Waals surface area contributed by atoms with E-state index in [0.29, 0.717) is 16.6 Å². The Morgan fingerprint density at radius 1 is 1.08 bits per heavy atom. The molecule has 1 amide bonds. The number of rotatable bonds is 7. The Balaban J connectivity index is 2.82. The Morgan fingerprint density at radius 2 is 1.62 bits per heavy atom. The SMILES string of the molecule is CCN(CC)C(=O)c1cn([Si](C(C)C)(C(C)C)C(C)C)c2ncccc12. The van der Waals surface area contributed by atoms with Gasteiger partial charge in [0.15, 0.2) is 8.24 Å². The van der Waals surface area contributed by atoms with Gasteiger partial charge in [-0.05, 0) is 42.6 Å². The van der Waals surface area contributed by atoms with Crippen molar-refractivity contribution >= 4 is 25.2 Å². The number of fused-ring (bicyclic) bond motifs is 1. The lowest BCUT2D eigenvalue weighted by atomic mass is 10.2. The molecule has 26 heavy (non-hydrogen) atoms. The molecule has 0 aliphatic rings.